The molecule has 8 heteroatoms. The maximum Gasteiger partial charge on any atom is 0.168 e. The van der Waals surface area contributed by atoms with Crippen LogP contribution in [0.15, 0.2) is 133 Å². The van der Waals surface area contributed by atoms with Crippen LogP contribution < -0.4 is 9.47 Å². The summed E-state index contributed by atoms with van der Waals surface area (Å²) in [7, 11) is 0. The van der Waals surface area contributed by atoms with Gasteiger partial charge in [-0.15, -0.1) is 0 Å². The zero-order valence-corrected chi connectivity index (χ0v) is 57.8. The zero-order chi connectivity index (χ0) is 66.0. The van der Waals surface area contributed by atoms with Crippen molar-refractivity contribution in [3.05, 3.63) is 184 Å². The molecule has 474 valence electrons. The van der Waals surface area contributed by atoms with Crippen molar-refractivity contribution in [2.24, 2.45) is 10.8 Å². The molecular formula is C82H97F3N2O3. The number of phenolic OH excluding ortho intramolecular Hbond substituents is 1. The van der Waals surface area contributed by atoms with Crippen LogP contribution in [-0.2, 0) is 32.5 Å². The van der Waals surface area contributed by atoms with Gasteiger partial charge in [0.2, 0.25) is 0 Å². The molecule has 0 aliphatic carbocycles. The van der Waals surface area contributed by atoms with E-state index in [1.165, 1.54) is 40.5 Å². The van der Waals surface area contributed by atoms with Gasteiger partial charge in [0, 0.05) is 50.0 Å². The number of ether oxygens (including phenoxy) is 2. The van der Waals surface area contributed by atoms with Crippen LogP contribution in [0.4, 0.5) is 13.2 Å². The van der Waals surface area contributed by atoms with E-state index < -0.39 is 22.9 Å². The Hall–Kier alpha value is -7.45. The molecule has 1 N–H and O–H groups in total. The highest BCUT2D eigenvalue weighted by Crippen LogP contribution is 2.49. The first-order valence-electron chi connectivity index (χ1n) is 32.3. The molecule has 0 radical (unpaired) electrons. The van der Waals surface area contributed by atoms with Crippen molar-refractivity contribution in [2.45, 2.75) is 198 Å². The van der Waals surface area contributed by atoms with E-state index in [0.717, 1.165) is 79.3 Å². The monoisotopic (exact) mass is 1210 g/mol. The maximum absolute atomic E-state index is 16.8. The average Bonchev–Trinajstić information content (AvgIpc) is 1.55. The van der Waals surface area contributed by atoms with Crippen molar-refractivity contribution in [3.63, 3.8) is 0 Å². The van der Waals surface area contributed by atoms with E-state index >= 15 is 13.2 Å². The number of hydrogen-bond acceptors (Lipinski definition) is 3. The van der Waals surface area contributed by atoms with Crippen molar-refractivity contribution in [3.8, 4) is 50.9 Å². The van der Waals surface area contributed by atoms with Gasteiger partial charge in [0.05, 0.1) is 27.8 Å². The molecule has 2 aromatic heterocycles. The van der Waals surface area contributed by atoms with E-state index in [-0.39, 0.29) is 68.2 Å². The number of rotatable bonds is 13. The topological polar surface area (TPSA) is 48.6 Å². The third-order valence-electron chi connectivity index (χ3n) is 18.1. The number of aromatic hydroxyl groups is 1. The van der Waals surface area contributed by atoms with E-state index in [0.29, 0.717) is 28.1 Å². The molecule has 0 aliphatic rings. The zero-order valence-electron chi connectivity index (χ0n) is 57.8. The lowest BCUT2D eigenvalue weighted by Crippen LogP contribution is -2.25. The summed E-state index contributed by atoms with van der Waals surface area (Å²) in [5, 5.41) is 17.5. The first-order valence-corrected chi connectivity index (χ1v) is 32.3. The maximum atomic E-state index is 16.8. The summed E-state index contributed by atoms with van der Waals surface area (Å²) in [5.74, 6) is -1.95. The van der Waals surface area contributed by atoms with Gasteiger partial charge in [-0.2, -0.15) is 0 Å². The Morgan fingerprint density at radius 3 is 1.21 bits per heavy atom. The second-order valence-electron chi connectivity index (χ2n) is 33.6. The lowest BCUT2D eigenvalue weighted by Gasteiger charge is -2.34. The van der Waals surface area contributed by atoms with Crippen LogP contribution in [0.5, 0.6) is 17.2 Å². The molecule has 0 unspecified atom stereocenters. The van der Waals surface area contributed by atoms with Gasteiger partial charge in [-0.05, 0) is 192 Å². The molecule has 8 aromatic carbocycles. The Bertz CT molecular complexity index is 4270. The summed E-state index contributed by atoms with van der Waals surface area (Å²) in [6, 6.07) is 43.6. The highest BCUT2D eigenvalue weighted by molar-refractivity contribution is 6.11. The summed E-state index contributed by atoms with van der Waals surface area (Å²) in [6.07, 6.45) is 1.64. The van der Waals surface area contributed by atoms with Crippen molar-refractivity contribution in [1.29, 1.82) is 0 Å². The molecule has 0 atom stereocenters. The smallest absolute Gasteiger partial charge is 0.168 e. The fourth-order valence-corrected chi connectivity index (χ4v) is 14.0. The minimum atomic E-state index is -0.851. The Labute approximate surface area is 534 Å². The molecule has 2 heterocycles. The van der Waals surface area contributed by atoms with Crippen LogP contribution in [0.1, 0.15) is 199 Å². The molecule has 10 rings (SSSR count). The van der Waals surface area contributed by atoms with E-state index in [2.05, 4.69) is 252 Å². The molecule has 0 aliphatic heterocycles. The van der Waals surface area contributed by atoms with Gasteiger partial charge < -0.3 is 23.7 Å². The van der Waals surface area contributed by atoms with Crippen LogP contribution >= 0.6 is 0 Å². The van der Waals surface area contributed by atoms with E-state index in [4.69, 9.17) is 9.47 Å². The second-order valence-corrected chi connectivity index (χ2v) is 33.6. The Morgan fingerprint density at radius 2 is 0.778 bits per heavy atom. The van der Waals surface area contributed by atoms with E-state index in [9.17, 15) is 5.11 Å². The second kappa shape index (κ2) is 22.7. The molecule has 0 spiro atoms. The van der Waals surface area contributed by atoms with Crippen LogP contribution in [0.2, 0.25) is 0 Å². The Balaban J connectivity index is 1.08. The lowest BCUT2D eigenvalue weighted by molar-refractivity contribution is 0.212. The largest absolute Gasteiger partial charge is 0.505 e. The molecular weight excluding hydrogens is 1120 g/mol. The molecule has 90 heavy (non-hydrogen) atoms. The summed E-state index contributed by atoms with van der Waals surface area (Å²) in [6.45, 7) is 48.8. The summed E-state index contributed by atoms with van der Waals surface area (Å²) < 4.78 is 66.3. The quantitative estimate of drug-likeness (QED) is 0.117. The summed E-state index contributed by atoms with van der Waals surface area (Å²) in [5.41, 5.74) is 12.5. The van der Waals surface area contributed by atoms with Gasteiger partial charge in [-0.25, -0.2) is 13.2 Å². The predicted octanol–water partition coefficient (Wildman–Crippen LogP) is 23.4. The van der Waals surface area contributed by atoms with Crippen LogP contribution in [0.3, 0.4) is 0 Å². The molecule has 10 aromatic rings. The normalized spacial score (nSPS) is 13.4. The fraction of sp³-hybridized carbons (Fsp3) is 0.415. The highest BCUT2D eigenvalue weighted by atomic mass is 19.1. The molecule has 0 bridgehead atoms. The molecule has 0 saturated heterocycles. The van der Waals surface area contributed by atoms with Gasteiger partial charge in [0.15, 0.2) is 11.6 Å². The van der Waals surface area contributed by atoms with Gasteiger partial charge in [0.1, 0.15) is 36.3 Å². The lowest BCUT2D eigenvalue weighted by atomic mass is 9.71. The van der Waals surface area contributed by atoms with Crippen molar-refractivity contribution in [2.75, 3.05) is 13.2 Å². The Morgan fingerprint density at radius 1 is 0.367 bits per heavy atom. The van der Waals surface area contributed by atoms with Crippen LogP contribution in [-0.4, -0.2) is 27.5 Å². The van der Waals surface area contributed by atoms with Crippen LogP contribution in [0, 0.1) is 28.3 Å². The summed E-state index contributed by atoms with van der Waals surface area (Å²) >= 11 is 0. The minimum absolute atomic E-state index is 0.0360. The van der Waals surface area contributed by atoms with Gasteiger partial charge in [0.25, 0.3) is 0 Å². The first-order chi connectivity index (χ1) is 41.5. The van der Waals surface area contributed by atoms with Gasteiger partial charge in [-0.3, -0.25) is 0 Å². The number of nitrogens with zero attached hydrogens (tertiary/aromatic N) is 2. The fourth-order valence-electron chi connectivity index (χ4n) is 14.0. The molecule has 0 saturated carbocycles. The molecule has 0 fully saturated rings. The number of phenols is 1. The molecule has 0 amide bonds. The van der Waals surface area contributed by atoms with Crippen molar-refractivity contribution >= 4 is 43.6 Å². The third-order valence-corrected chi connectivity index (χ3v) is 18.1. The SMILES string of the molecule is CC(C)(C)CC(C)(C)c1cc(-c2cc(F)cc(F)c2OCCOc2ccc(F)cc2-c2cc(C(C)(C)CC(C)(C)C)cc(-n3c4ccc(C(C)(C)C)cc4c4cc(C(C)(C)C)ccc43)c2O)cc(-n2c3ccc(C(C)(C)C)cc3c3cc(C(C)(C)C)ccc32)c1. The first kappa shape index (κ1) is 65.5. The number of benzene rings is 8. The highest BCUT2D eigenvalue weighted by Gasteiger charge is 2.33. The van der Waals surface area contributed by atoms with Crippen molar-refractivity contribution < 1.29 is 27.8 Å². The number of aromatic nitrogens is 2. The number of hydrogen-bond donors (Lipinski definition) is 1. The van der Waals surface area contributed by atoms with Crippen LogP contribution in [0.25, 0.3) is 77.2 Å². The van der Waals surface area contributed by atoms with Crippen molar-refractivity contribution in [1.82, 2.24) is 9.13 Å². The van der Waals surface area contributed by atoms with E-state index in [1.807, 2.05) is 12.1 Å². The minimum Gasteiger partial charge on any atom is -0.505 e. The standard InChI is InChI=1S/C82H97F3N2O3/c1-75(2,3)47-81(19,20)54-35-49(36-58(37-54)86-67-28-23-50(77(7,8)9)38-60(67)61-39-51(78(10,11)12)24-29-68(61)86)59-45-57(84)46-66(85)74(59)90-34-33-89-72-32-27-56(83)44-64(72)65-42-55(82(21,22)48-76(4,5)6)43-71(73(65)88)87-69-30-25-52(79(13,14)15)40-62(69)63-41-53(80(16,17)18)26-31-70(63)87/h23-32,35-46,88H,33-34,47-48H2,1-22H3. The summed E-state index contributed by atoms with van der Waals surface area (Å²) in [4.78, 5) is 0. The van der Waals surface area contributed by atoms with Gasteiger partial charge in [-0.1, -0.05) is 183 Å². The Kier molecular flexibility index (Phi) is 16.5. The van der Waals surface area contributed by atoms with Gasteiger partial charge >= 0.3 is 0 Å². The average molecular weight is 1220 g/mol. The van der Waals surface area contributed by atoms with E-state index in [1.54, 1.807) is 6.07 Å². The molecule has 5 nitrogen and oxygen atoms in total. The third kappa shape index (κ3) is 13.2. The predicted molar refractivity (Wildman–Crippen MR) is 374 cm³/mol. The number of fused-ring (bicyclic) bond motifs is 6. The number of halogens is 3.